The van der Waals surface area contributed by atoms with Crippen molar-refractivity contribution in [2.75, 3.05) is 0 Å². The van der Waals surface area contributed by atoms with Crippen LogP contribution in [0.1, 0.15) is 44.3 Å². The van der Waals surface area contributed by atoms with E-state index >= 15 is 0 Å². The number of hydrogen-bond acceptors (Lipinski definition) is 6. The lowest BCUT2D eigenvalue weighted by molar-refractivity contribution is -0.142. The monoisotopic (exact) mass is 312 g/mol. The van der Waals surface area contributed by atoms with Gasteiger partial charge in [0.05, 0.1) is 11.1 Å². The van der Waals surface area contributed by atoms with Crippen LogP contribution in [-0.2, 0) is 16.1 Å². The van der Waals surface area contributed by atoms with Gasteiger partial charge >= 0.3 is 5.97 Å². The molecule has 2 aromatic carbocycles. The fourth-order valence-corrected chi connectivity index (χ4v) is 2.58. The van der Waals surface area contributed by atoms with Crippen LogP contribution in [0.25, 0.3) is 0 Å². The molecule has 116 valence electrons. The predicted molar refractivity (Wildman–Crippen MR) is 78.5 cm³/mol. The van der Waals surface area contributed by atoms with E-state index in [1.54, 1.807) is 12.1 Å². The van der Waals surface area contributed by atoms with E-state index in [-0.39, 0.29) is 27.8 Å². The molecule has 0 radical (unpaired) electrons. The third-order valence-electron chi connectivity index (χ3n) is 3.69. The maximum atomic E-state index is 12.6. The van der Waals surface area contributed by atoms with Crippen molar-refractivity contribution in [3.05, 3.63) is 58.1 Å². The fraction of sp³-hybridized carbons (Fsp3) is 0.118. The van der Waals surface area contributed by atoms with Crippen LogP contribution in [0, 0.1) is 0 Å². The van der Waals surface area contributed by atoms with Gasteiger partial charge in [0.1, 0.15) is 18.1 Å². The molecular weight excluding hydrogens is 300 g/mol. The van der Waals surface area contributed by atoms with E-state index < -0.39 is 35.6 Å². The Kier molecular flexibility index (Phi) is 3.37. The molecule has 0 fully saturated rings. The standard InChI is InChI=1S/C17H12O6/c1-8(18)23-7-12-13(19)6-11-14(17(12)22)16(21)10-5-3-2-4-9(10)15(11)20/h2-6,19,22H,7H2,1H3. The smallest absolute Gasteiger partial charge is 0.302 e. The molecule has 3 rings (SSSR count). The second-order valence-corrected chi connectivity index (χ2v) is 5.13. The lowest BCUT2D eigenvalue weighted by atomic mass is 9.82. The van der Waals surface area contributed by atoms with E-state index in [9.17, 15) is 24.6 Å². The molecule has 0 saturated heterocycles. The van der Waals surface area contributed by atoms with Crippen molar-refractivity contribution in [2.24, 2.45) is 0 Å². The number of ketones is 2. The summed E-state index contributed by atoms with van der Waals surface area (Å²) in [4.78, 5) is 36.0. The third-order valence-corrected chi connectivity index (χ3v) is 3.69. The number of aromatic hydroxyl groups is 2. The van der Waals surface area contributed by atoms with Gasteiger partial charge in [0, 0.05) is 23.6 Å². The van der Waals surface area contributed by atoms with Crippen molar-refractivity contribution in [1.29, 1.82) is 0 Å². The van der Waals surface area contributed by atoms with Crippen molar-refractivity contribution < 1.29 is 29.3 Å². The van der Waals surface area contributed by atoms with Gasteiger partial charge in [0.15, 0.2) is 11.6 Å². The van der Waals surface area contributed by atoms with E-state index in [4.69, 9.17) is 4.74 Å². The lowest BCUT2D eigenvalue weighted by Crippen LogP contribution is -2.21. The molecule has 1 aliphatic carbocycles. The SMILES string of the molecule is CC(=O)OCc1c(O)cc2c(c1O)C(=O)c1ccccc1C2=O. The highest BCUT2D eigenvalue weighted by atomic mass is 16.5. The van der Waals surface area contributed by atoms with Gasteiger partial charge < -0.3 is 14.9 Å². The molecule has 0 aliphatic heterocycles. The fourth-order valence-electron chi connectivity index (χ4n) is 2.58. The van der Waals surface area contributed by atoms with E-state index in [2.05, 4.69) is 0 Å². The van der Waals surface area contributed by atoms with E-state index in [0.29, 0.717) is 0 Å². The highest BCUT2D eigenvalue weighted by molar-refractivity contribution is 6.29. The maximum absolute atomic E-state index is 12.6. The topological polar surface area (TPSA) is 101 Å². The first-order chi connectivity index (χ1) is 10.9. The summed E-state index contributed by atoms with van der Waals surface area (Å²) in [7, 11) is 0. The number of carbonyl (C=O) groups is 3. The summed E-state index contributed by atoms with van der Waals surface area (Å²) in [5, 5.41) is 20.3. The van der Waals surface area contributed by atoms with Crippen molar-refractivity contribution in [1.82, 2.24) is 0 Å². The van der Waals surface area contributed by atoms with Gasteiger partial charge in [-0.25, -0.2) is 0 Å². The molecule has 0 saturated carbocycles. The minimum atomic E-state index is -0.603. The average Bonchev–Trinajstić information content (AvgIpc) is 2.51. The molecule has 2 N–H and O–H groups in total. The summed E-state index contributed by atoms with van der Waals surface area (Å²) in [6.07, 6.45) is 0. The van der Waals surface area contributed by atoms with Crippen LogP contribution in [0.4, 0.5) is 0 Å². The average molecular weight is 312 g/mol. The molecule has 0 atom stereocenters. The summed E-state index contributed by atoms with van der Waals surface area (Å²) in [5.74, 6) is -2.54. The number of ether oxygens (including phenoxy) is 1. The number of hydrogen-bond donors (Lipinski definition) is 2. The quantitative estimate of drug-likeness (QED) is 0.701. The summed E-state index contributed by atoms with van der Waals surface area (Å²) < 4.78 is 4.76. The molecule has 0 unspecified atom stereocenters. The summed E-state index contributed by atoms with van der Waals surface area (Å²) in [6, 6.07) is 7.37. The molecular formula is C17H12O6. The van der Waals surface area contributed by atoms with E-state index in [1.807, 2.05) is 0 Å². The Hall–Kier alpha value is -3.15. The van der Waals surface area contributed by atoms with Crippen molar-refractivity contribution in [2.45, 2.75) is 13.5 Å². The van der Waals surface area contributed by atoms with Crippen molar-refractivity contribution in [3.63, 3.8) is 0 Å². The van der Waals surface area contributed by atoms with Gasteiger partial charge in [0.25, 0.3) is 0 Å². The maximum Gasteiger partial charge on any atom is 0.302 e. The molecule has 2 aromatic rings. The number of esters is 1. The molecule has 6 nitrogen and oxygen atoms in total. The highest BCUT2D eigenvalue weighted by Gasteiger charge is 2.34. The lowest BCUT2D eigenvalue weighted by Gasteiger charge is -2.20. The Morgan fingerprint density at radius 3 is 2.26 bits per heavy atom. The number of rotatable bonds is 2. The molecule has 0 spiro atoms. The Labute approximate surface area is 130 Å². The molecule has 0 heterocycles. The Bertz CT molecular complexity index is 866. The van der Waals surface area contributed by atoms with Crippen LogP contribution < -0.4 is 0 Å². The molecule has 6 heteroatoms. The first-order valence-corrected chi connectivity index (χ1v) is 6.81. The largest absolute Gasteiger partial charge is 0.507 e. The Balaban J connectivity index is 2.19. The third kappa shape index (κ3) is 2.24. The summed E-state index contributed by atoms with van der Waals surface area (Å²) >= 11 is 0. The number of fused-ring (bicyclic) bond motifs is 2. The van der Waals surface area contributed by atoms with Gasteiger partial charge in [0.2, 0.25) is 0 Å². The highest BCUT2D eigenvalue weighted by Crippen LogP contribution is 2.39. The number of carbonyl (C=O) groups excluding carboxylic acids is 3. The zero-order valence-corrected chi connectivity index (χ0v) is 12.1. The van der Waals surface area contributed by atoms with Crippen LogP contribution in [0.15, 0.2) is 30.3 Å². The van der Waals surface area contributed by atoms with E-state index in [0.717, 1.165) is 6.07 Å². The zero-order chi connectivity index (χ0) is 16.7. The van der Waals surface area contributed by atoms with Crippen LogP contribution in [0.3, 0.4) is 0 Å². The van der Waals surface area contributed by atoms with Crippen LogP contribution in [-0.4, -0.2) is 27.7 Å². The van der Waals surface area contributed by atoms with Gasteiger partial charge in [-0.15, -0.1) is 0 Å². The first kappa shape index (κ1) is 14.8. The summed E-state index contributed by atoms with van der Waals surface area (Å²) in [6.45, 7) is 0.779. The molecule has 0 aromatic heterocycles. The van der Waals surface area contributed by atoms with Crippen molar-refractivity contribution in [3.8, 4) is 11.5 Å². The Morgan fingerprint density at radius 1 is 1.04 bits per heavy atom. The molecule has 0 amide bonds. The number of phenols is 2. The first-order valence-electron chi connectivity index (χ1n) is 6.81. The van der Waals surface area contributed by atoms with Gasteiger partial charge in [-0.3, -0.25) is 14.4 Å². The Morgan fingerprint density at radius 2 is 1.65 bits per heavy atom. The molecule has 23 heavy (non-hydrogen) atoms. The second kappa shape index (κ2) is 5.24. The summed E-state index contributed by atoms with van der Waals surface area (Å²) in [5.41, 5.74) is 0.0318. The zero-order valence-electron chi connectivity index (χ0n) is 12.1. The van der Waals surface area contributed by atoms with Gasteiger partial charge in [-0.05, 0) is 6.07 Å². The number of phenolic OH excluding ortho intramolecular Hbond substituents is 2. The number of benzene rings is 2. The minimum Gasteiger partial charge on any atom is -0.507 e. The van der Waals surface area contributed by atoms with Gasteiger partial charge in [-0.2, -0.15) is 0 Å². The predicted octanol–water partition coefficient (Wildman–Crippen LogP) is 1.94. The minimum absolute atomic E-state index is 0.0738. The normalized spacial score (nSPS) is 12.6. The van der Waals surface area contributed by atoms with E-state index in [1.165, 1.54) is 19.1 Å². The van der Waals surface area contributed by atoms with Crippen LogP contribution in [0.5, 0.6) is 11.5 Å². The van der Waals surface area contributed by atoms with Gasteiger partial charge in [-0.1, -0.05) is 24.3 Å². The van der Waals surface area contributed by atoms with Crippen molar-refractivity contribution >= 4 is 17.5 Å². The molecule has 0 bridgehead atoms. The van der Waals surface area contributed by atoms with Crippen LogP contribution >= 0.6 is 0 Å². The second-order valence-electron chi connectivity index (χ2n) is 5.13. The molecule has 1 aliphatic rings. The van der Waals surface area contributed by atoms with Crippen LogP contribution in [0.2, 0.25) is 0 Å².